The molecule has 1 heterocycles. The molecule has 2 aromatic rings. The average molecular weight is 269 g/mol. The number of thioether (sulfide) groups is 1. The van der Waals surface area contributed by atoms with Crippen molar-refractivity contribution in [3.05, 3.63) is 65.2 Å². The van der Waals surface area contributed by atoms with Crippen molar-refractivity contribution in [2.24, 2.45) is 5.73 Å². The van der Waals surface area contributed by atoms with Crippen LogP contribution in [-0.4, -0.2) is 5.75 Å². The first kappa shape index (κ1) is 12.8. The van der Waals surface area contributed by atoms with Gasteiger partial charge in [0, 0.05) is 22.6 Å². The van der Waals surface area contributed by atoms with E-state index in [9.17, 15) is 0 Å². The van der Waals surface area contributed by atoms with Crippen LogP contribution in [0.4, 0.5) is 0 Å². The predicted molar refractivity (Wildman–Crippen MR) is 82.7 cm³/mol. The van der Waals surface area contributed by atoms with Crippen LogP contribution in [0.3, 0.4) is 0 Å². The highest BCUT2D eigenvalue weighted by Gasteiger charge is 2.28. The topological polar surface area (TPSA) is 26.0 Å². The number of nitrogens with two attached hydrogens (primary N) is 1. The highest BCUT2D eigenvalue weighted by molar-refractivity contribution is 7.99. The monoisotopic (exact) mass is 269 g/mol. The molecule has 0 spiro atoms. The Hall–Kier alpha value is -1.25. The maximum absolute atomic E-state index is 6.49. The van der Waals surface area contributed by atoms with Gasteiger partial charge < -0.3 is 5.73 Å². The first-order valence-electron chi connectivity index (χ1n) is 6.85. The third-order valence-corrected chi connectivity index (χ3v) is 5.15. The summed E-state index contributed by atoms with van der Waals surface area (Å²) in [5, 5.41) is 0. The smallest absolute Gasteiger partial charge is 0.0373 e. The van der Waals surface area contributed by atoms with Crippen molar-refractivity contribution in [2.75, 3.05) is 5.75 Å². The van der Waals surface area contributed by atoms with Gasteiger partial charge in [0.05, 0.1) is 0 Å². The van der Waals surface area contributed by atoms with Gasteiger partial charge in [-0.3, -0.25) is 0 Å². The van der Waals surface area contributed by atoms with Crippen molar-refractivity contribution in [3.8, 4) is 0 Å². The zero-order chi connectivity index (χ0) is 13.2. The highest BCUT2D eigenvalue weighted by atomic mass is 32.2. The molecular formula is C17H19NS. The van der Waals surface area contributed by atoms with Crippen LogP contribution in [-0.2, 0) is 6.42 Å². The van der Waals surface area contributed by atoms with Crippen LogP contribution in [0.2, 0.25) is 0 Å². The Balaban J connectivity index is 1.86. The number of hydrogen-bond donors (Lipinski definition) is 1. The van der Waals surface area contributed by atoms with Crippen LogP contribution in [0.15, 0.2) is 53.4 Å². The molecule has 2 atom stereocenters. The Morgan fingerprint density at radius 3 is 2.63 bits per heavy atom. The number of rotatable bonds is 3. The molecule has 98 valence electrons. The summed E-state index contributed by atoms with van der Waals surface area (Å²) in [4.78, 5) is 1.40. The maximum atomic E-state index is 6.49. The van der Waals surface area contributed by atoms with Gasteiger partial charge in [-0.1, -0.05) is 49.4 Å². The lowest BCUT2D eigenvalue weighted by atomic mass is 9.89. The van der Waals surface area contributed by atoms with E-state index in [4.69, 9.17) is 5.73 Å². The molecule has 19 heavy (non-hydrogen) atoms. The van der Waals surface area contributed by atoms with Crippen molar-refractivity contribution in [3.63, 3.8) is 0 Å². The van der Waals surface area contributed by atoms with Gasteiger partial charge in [-0.05, 0) is 29.2 Å². The van der Waals surface area contributed by atoms with E-state index in [0.717, 1.165) is 12.2 Å². The largest absolute Gasteiger partial charge is 0.323 e. The van der Waals surface area contributed by atoms with Gasteiger partial charge >= 0.3 is 0 Å². The molecule has 0 saturated heterocycles. The van der Waals surface area contributed by atoms with Gasteiger partial charge in [-0.15, -0.1) is 11.8 Å². The standard InChI is InChI=1S/C17H19NS/c1-2-12-7-9-13(10-8-12)17(18)15-11-19-16-6-4-3-5-14(15)16/h3-10,15,17H,2,11,18H2,1H3. The fraction of sp³-hybridized carbons (Fsp3) is 0.294. The quantitative estimate of drug-likeness (QED) is 0.906. The molecule has 2 N–H and O–H groups in total. The molecule has 1 aliphatic rings. The Morgan fingerprint density at radius 2 is 1.89 bits per heavy atom. The van der Waals surface area contributed by atoms with Gasteiger partial charge in [0.15, 0.2) is 0 Å². The van der Waals surface area contributed by atoms with E-state index in [2.05, 4.69) is 55.5 Å². The van der Waals surface area contributed by atoms with Gasteiger partial charge in [0.1, 0.15) is 0 Å². The van der Waals surface area contributed by atoms with Crippen LogP contribution < -0.4 is 5.73 Å². The minimum atomic E-state index is 0.0991. The SMILES string of the molecule is CCc1ccc(C(N)C2CSc3ccccc32)cc1. The molecule has 3 rings (SSSR count). The molecule has 0 amide bonds. The lowest BCUT2D eigenvalue weighted by molar-refractivity contribution is 0.607. The molecule has 0 saturated carbocycles. The number of hydrogen-bond acceptors (Lipinski definition) is 2. The van der Waals surface area contributed by atoms with Crippen LogP contribution >= 0.6 is 11.8 Å². The van der Waals surface area contributed by atoms with Crippen molar-refractivity contribution in [2.45, 2.75) is 30.2 Å². The molecular weight excluding hydrogens is 250 g/mol. The summed E-state index contributed by atoms with van der Waals surface area (Å²) in [6, 6.07) is 17.5. The zero-order valence-electron chi connectivity index (χ0n) is 11.2. The summed E-state index contributed by atoms with van der Waals surface area (Å²) >= 11 is 1.93. The summed E-state index contributed by atoms with van der Waals surface area (Å²) in [7, 11) is 0. The first-order chi connectivity index (χ1) is 9.29. The van der Waals surface area contributed by atoms with Gasteiger partial charge in [-0.25, -0.2) is 0 Å². The number of fused-ring (bicyclic) bond motifs is 1. The molecule has 1 nitrogen and oxygen atoms in total. The van der Waals surface area contributed by atoms with Crippen LogP contribution in [0.1, 0.15) is 35.6 Å². The minimum absolute atomic E-state index is 0.0991. The molecule has 1 aliphatic heterocycles. The summed E-state index contributed by atoms with van der Waals surface area (Å²) in [5.74, 6) is 1.53. The van der Waals surface area contributed by atoms with Crippen molar-refractivity contribution in [1.29, 1.82) is 0 Å². The van der Waals surface area contributed by atoms with Crippen molar-refractivity contribution >= 4 is 11.8 Å². The fourth-order valence-electron chi connectivity index (χ4n) is 2.69. The molecule has 2 aromatic carbocycles. The van der Waals surface area contributed by atoms with E-state index in [0.29, 0.717) is 5.92 Å². The normalized spacial score (nSPS) is 19.2. The highest BCUT2D eigenvalue weighted by Crippen LogP contribution is 2.44. The Bertz CT molecular complexity index is 562. The summed E-state index contributed by atoms with van der Waals surface area (Å²) < 4.78 is 0. The Labute approximate surface area is 119 Å². The van der Waals surface area contributed by atoms with E-state index in [1.165, 1.54) is 21.6 Å². The summed E-state index contributed by atoms with van der Waals surface area (Å²) in [6.07, 6.45) is 1.08. The molecule has 0 fully saturated rings. The first-order valence-corrected chi connectivity index (χ1v) is 7.84. The van der Waals surface area contributed by atoms with E-state index < -0.39 is 0 Å². The number of aryl methyl sites for hydroxylation is 1. The third-order valence-electron chi connectivity index (χ3n) is 3.94. The van der Waals surface area contributed by atoms with E-state index in [1.807, 2.05) is 11.8 Å². The zero-order valence-corrected chi connectivity index (χ0v) is 12.0. The van der Waals surface area contributed by atoms with Crippen molar-refractivity contribution in [1.82, 2.24) is 0 Å². The molecule has 0 aliphatic carbocycles. The van der Waals surface area contributed by atoms with Crippen LogP contribution in [0.25, 0.3) is 0 Å². The lowest BCUT2D eigenvalue weighted by Crippen LogP contribution is -2.19. The summed E-state index contributed by atoms with van der Waals surface area (Å²) in [5.41, 5.74) is 10.5. The van der Waals surface area contributed by atoms with E-state index in [-0.39, 0.29) is 6.04 Å². The van der Waals surface area contributed by atoms with E-state index >= 15 is 0 Å². The number of benzene rings is 2. The molecule has 0 bridgehead atoms. The van der Waals surface area contributed by atoms with Gasteiger partial charge in [-0.2, -0.15) is 0 Å². The Kier molecular flexibility index (Phi) is 3.63. The third kappa shape index (κ3) is 2.43. The second-order valence-corrected chi connectivity index (χ2v) is 6.14. The fourth-order valence-corrected chi connectivity index (χ4v) is 4.00. The molecule has 0 radical (unpaired) electrons. The average Bonchev–Trinajstić information content (AvgIpc) is 2.90. The lowest BCUT2D eigenvalue weighted by Gasteiger charge is -2.20. The second-order valence-electron chi connectivity index (χ2n) is 5.08. The molecule has 2 heteroatoms. The predicted octanol–water partition coefficient (Wildman–Crippen LogP) is 4.14. The Morgan fingerprint density at radius 1 is 1.16 bits per heavy atom. The summed E-state index contributed by atoms with van der Waals surface area (Å²) in [6.45, 7) is 2.18. The molecule has 0 aromatic heterocycles. The van der Waals surface area contributed by atoms with Crippen LogP contribution in [0.5, 0.6) is 0 Å². The maximum Gasteiger partial charge on any atom is 0.0373 e. The second kappa shape index (κ2) is 5.40. The van der Waals surface area contributed by atoms with E-state index in [1.54, 1.807) is 0 Å². The van der Waals surface area contributed by atoms with Crippen molar-refractivity contribution < 1.29 is 0 Å². The van der Waals surface area contributed by atoms with Crippen LogP contribution in [0, 0.1) is 0 Å². The molecule has 2 unspecified atom stereocenters. The minimum Gasteiger partial charge on any atom is -0.323 e. The van der Waals surface area contributed by atoms with Gasteiger partial charge in [0.2, 0.25) is 0 Å². The van der Waals surface area contributed by atoms with Gasteiger partial charge in [0.25, 0.3) is 0 Å².